The second-order valence-electron chi connectivity index (χ2n) is 3.65. The van der Waals surface area contributed by atoms with Crippen LogP contribution in [0.1, 0.15) is 17.4 Å². The molecule has 0 atom stereocenters. The van der Waals surface area contributed by atoms with Gasteiger partial charge >= 0.3 is 0 Å². The van der Waals surface area contributed by atoms with Gasteiger partial charge in [-0.25, -0.2) is 4.98 Å². The number of nitrogens with one attached hydrogen (secondary N) is 1. The van der Waals surface area contributed by atoms with Crippen molar-refractivity contribution in [3.63, 3.8) is 0 Å². The minimum absolute atomic E-state index is 0.218. The van der Waals surface area contributed by atoms with Gasteiger partial charge in [0, 0.05) is 19.9 Å². The van der Waals surface area contributed by atoms with E-state index in [2.05, 4.69) is 20.4 Å². The molecule has 2 aromatic heterocycles. The zero-order valence-electron chi connectivity index (χ0n) is 9.84. The fourth-order valence-corrected chi connectivity index (χ4v) is 1.40. The largest absolute Gasteiger partial charge is 0.396 e. The van der Waals surface area contributed by atoms with Gasteiger partial charge in [0.25, 0.3) is 0 Å². The molecule has 0 amide bonds. The molecule has 0 spiro atoms. The lowest BCUT2D eigenvalue weighted by atomic mass is 10.3. The van der Waals surface area contributed by atoms with Crippen LogP contribution in [0.4, 0.5) is 11.5 Å². The van der Waals surface area contributed by atoms with Gasteiger partial charge in [-0.15, -0.1) is 0 Å². The molecule has 2 heterocycles. The fraction of sp³-hybridized carbons (Fsp3) is 0.273. The fourth-order valence-electron chi connectivity index (χ4n) is 1.40. The number of hydrogen-bond donors (Lipinski definition) is 2. The van der Waals surface area contributed by atoms with Crippen molar-refractivity contribution in [3.05, 3.63) is 29.5 Å². The summed E-state index contributed by atoms with van der Waals surface area (Å²) in [5.74, 6) is 1.78. The second kappa shape index (κ2) is 5.14. The van der Waals surface area contributed by atoms with Crippen LogP contribution in [-0.4, -0.2) is 21.7 Å². The van der Waals surface area contributed by atoms with Gasteiger partial charge in [-0.05, 0) is 12.1 Å². The first kappa shape index (κ1) is 11.9. The predicted molar refractivity (Wildman–Crippen MR) is 64.6 cm³/mol. The molecule has 7 heteroatoms. The van der Waals surface area contributed by atoms with E-state index in [1.54, 1.807) is 19.1 Å². The average Bonchev–Trinajstić information content (AvgIpc) is 2.77. The lowest BCUT2D eigenvalue weighted by molar-refractivity contribution is 0.387. The van der Waals surface area contributed by atoms with Crippen LogP contribution in [0.2, 0.25) is 0 Å². The molecule has 2 rings (SSSR count). The Hall–Kier alpha value is -2.62. The smallest absolute Gasteiger partial charge is 0.223 e. The molecular formula is C11H12N6O. The van der Waals surface area contributed by atoms with Crippen molar-refractivity contribution in [2.24, 2.45) is 0 Å². The molecule has 0 unspecified atom stereocenters. The number of nitrogens with two attached hydrogens (primary N) is 1. The van der Waals surface area contributed by atoms with E-state index < -0.39 is 0 Å². The van der Waals surface area contributed by atoms with Gasteiger partial charge in [0.15, 0.2) is 11.5 Å². The van der Waals surface area contributed by atoms with Crippen LogP contribution in [0.15, 0.2) is 16.7 Å². The van der Waals surface area contributed by atoms with Crippen molar-refractivity contribution in [2.75, 3.05) is 17.6 Å². The van der Waals surface area contributed by atoms with E-state index in [0.29, 0.717) is 36.2 Å². The molecule has 0 bridgehead atoms. The molecule has 0 saturated carbocycles. The normalized spacial score (nSPS) is 10.0. The Kier molecular flexibility index (Phi) is 3.38. The molecule has 2 aromatic rings. The number of pyridine rings is 1. The molecule has 0 aliphatic carbocycles. The molecule has 0 fully saturated rings. The standard InChI is InChI=1S/C11H12N6O/c1-7-15-11(17-18-7)4-5-14-10-3-2-8(13)9(6-12)16-10/h2-3H,4-5,13H2,1H3,(H,14,16). The van der Waals surface area contributed by atoms with Crippen LogP contribution in [0.25, 0.3) is 0 Å². The summed E-state index contributed by atoms with van der Waals surface area (Å²) in [6.07, 6.45) is 0.616. The first-order chi connectivity index (χ1) is 8.69. The highest BCUT2D eigenvalue weighted by Crippen LogP contribution is 2.11. The van der Waals surface area contributed by atoms with Crippen molar-refractivity contribution >= 4 is 11.5 Å². The Morgan fingerprint density at radius 3 is 2.94 bits per heavy atom. The Labute approximate surface area is 104 Å². The molecule has 0 aromatic carbocycles. The summed E-state index contributed by atoms with van der Waals surface area (Å²) in [6.45, 7) is 2.34. The molecule has 0 aliphatic rings. The van der Waals surface area contributed by atoms with E-state index in [1.807, 2.05) is 6.07 Å². The van der Waals surface area contributed by atoms with Gasteiger partial charge < -0.3 is 15.6 Å². The minimum atomic E-state index is 0.218. The lowest BCUT2D eigenvalue weighted by Crippen LogP contribution is -2.08. The lowest BCUT2D eigenvalue weighted by Gasteiger charge is -2.04. The van der Waals surface area contributed by atoms with Crippen LogP contribution < -0.4 is 11.1 Å². The van der Waals surface area contributed by atoms with Crippen molar-refractivity contribution in [1.82, 2.24) is 15.1 Å². The van der Waals surface area contributed by atoms with Gasteiger partial charge in [0.2, 0.25) is 5.89 Å². The van der Waals surface area contributed by atoms with Crippen molar-refractivity contribution < 1.29 is 4.52 Å². The van der Waals surface area contributed by atoms with E-state index in [4.69, 9.17) is 15.5 Å². The third-order valence-electron chi connectivity index (χ3n) is 2.26. The van der Waals surface area contributed by atoms with Crippen LogP contribution in [-0.2, 0) is 6.42 Å². The first-order valence-electron chi connectivity index (χ1n) is 5.38. The molecule has 18 heavy (non-hydrogen) atoms. The summed E-state index contributed by atoms with van der Waals surface area (Å²) in [6, 6.07) is 5.30. The molecule has 7 nitrogen and oxygen atoms in total. The molecule has 3 N–H and O–H groups in total. The highest BCUT2D eigenvalue weighted by Gasteiger charge is 2.04. The second-order valence-corrected chi connectivity index (χ2v) is 3.65. The Morgan fingerprint density at radius 2 is 2.28 bits per heavy atom. The van der Waals surface area contributed by atoms with Crippen molar-refractivity contribution in [2.45, 2.75) is 13.3 Å². The Bertz CT molecular complexity index is 585. The monoisotopic (exact) mass is 244 g/mol. The third-order valence-corrected chi connectivity index (χ3v) is 2.26. The number of hydrogen-bond acceptors (Lipinski definition) is 7. The maximum Gasteiger partial charge on any atom is 0.223 e. The number of nitrogens with zero attached hydrogens (tertiary/aromatic N) is 4. The quantitative estimate of drug-likeness (QED) is 0.820. The van der Waals surface area contributed by atoms with E-state index in [0.717, 1.165) is 0 Å². The summed E-state index contributed by atoms with van der Waals surface area (Å²) in [5, 5.41) is 15.6. The average molecular weight is 244 g/mol. The SMILES string of the molecule is Cc1nc(CCNc2ccc(N)c(C#N)n2)no1. The van der Waals surface area contributed by atoms with Gasteiger partial charge in [-0.1, -0.05) is 5.16 Å². The molecule has 0 radical (unpaired) electrons. The molecular weight excluding hydrogens is 232 g/mol. The summed E-state index contributed by atoms with van der Waals surface area (Å²) in [4.78, 5) is 8.14. The Balaban J connectivity index is 1.93. The maximum atomic E-state index is 8.80. The number of anilines is 2. The molecule has 92 valence electrons. The third kappa shape index (κ3) is 2.74. The predicted octanol–water partition coefficient (Wildman–Crippen LogP) is 0.881. The van der Waals surface area contributed by atoms with E-state index in [9.17, 15) is 0 Å². The van der Waals surface area contributed by atoms with Crippen LogP contribution >= 0.6 is 0 Å². The topological polar surface area (TPSA) is 114 Å². The highest BCUT2D eigenvalue weighted by atomic mass is 16.5. The number of rotatable bonds is 4. The summed E-state index contributed by atoms with van der Waals surface area (Å²) in [5.41, 5.74) is 6.17. The summed E-state index contributed by atoms with van der Waals surface area (Å²) >= 11 is 0. The van der Waals surface area contributed by atoms with Gasteiger partial charge in [-0.3, -0.25) is 0 Å². The summed E-state index contributed by atoms with van der Waals surface area (Å²) < 4.78 is 4.86. The molecule has 0 aliphatic heterocycles. The highest BCUT2D eigenvalue weighted by molar-refractivity contribution is 5.54. The number of aromatic nitrogens is 3. The summed E-state index contributed by atoms with van der Waals surface area (Å²) in [7, 11) is 0. The van der Waals surface area contributed by atoms with Gasteiger partial charge in [0.05, 0.1) is 5.69 Å². The number of nitriles is 1. The number of nitrogen functional groups attached to an aromatic ring is 1. The van der Waals surface area contributed by atoms with Crippen LogP contribution in [0.3, 0.4) is 0 Å². The number of aryl methyl sites for hydroxylation is 1. The van der Waals surface area contributed by atoms with Crippen LogP contribution in [0, 0.1) is 18.3 Å². The van der Waals surface area contributed by atoms with Gasteiger partial charge in [0.1, 0.15) is 11.9 Å². The van der Waals surface area contributed by atoms with Crippen molar-refractivity contribution in [3.8, 4) is 6.07 Å². The zero-order chi connectivity index (χ0) is 13.0. The van der Waals surface area contributed by atoms with E-state index in [1.165, 1.54) is 0 Å². The Morgan fingerprint density at radius 1 is 1.44 bits per heavy atom. The van der Waals surface area contributed by atoms with E-state index >= 15 is 0 Å². The van der Waals surface area contributed by atoms with Crippen molar-refractivity contribution in [1.29, 1.82) is 5.26 Å². The van der Waals surface area contributed by atoms with Gasteiger partial charge in [-0.2, -0.15) is 10.2 Å². The minimum Gasteiger partial charge on any atom is -0.396 e. The zero-order valence-corrected chi connectivity index (χ0v) is 9.84. The van der Waals surface area contributed by atoms with Crippen LogP contribution in [0.5, 0.6) is 0 Å². The first-order valence-corrected chi connectivity index (χ1v) is 5.38. The van der Waals surface area contributed by atoms with E-state index in [-0.39, 0.29) is 5.69 Å². The maximum absolute atomic E-state index is 8.80. The molecule has 0 saturated heterocycles.